The maximum atomic E-state index is 12.2. The lowest BCUT2D eigenvalue weighted by atomic mass is 10.2. The van der Waals surface area contributed by atoms with Crippen LogP contribution >= 0.6 is 39.1 Å². The molecule has 2 aromatic rings. The summed E-state index contributed by atoms with van der Waals surface area (Å²) in [6.07, 6.45) is -0.229. The van der Waals surface area contributed by atoms with Crippen LogP contribution in [0.5, 0.6) is 5.75 Å². The van der Waals surface area contributed by atoms with Gasteiger partial charge in [0.25, 0.3) is 5.91 Å². The van der Waals surface area contributed by atoms with Gasteiger partial charge in [-0.05, 0) is 52.3 Å². The summed E-state index contributed by atoms with van der Waals surface area (Å²) >= 11 is 15.1. The number of carbonyl (C=O) groups is 3. The van der Waals surface area contributed by atoms with Gasteiger partial charge in [-0.2, -0.15) is 0 Å². The van der Waals surface area contributed by atoms with Gasteiger partial charge in [-0.25, -0.2) is 0 Å². The lowest BCUT2D eigenvalue weighted by Gasteiger charge is -2.11. The number of methoxy groups -OCH3 is 1. The number of amides is 3. The average Bonchev–Trinajstić information content (AvgIpc) is 2.73. The van der Waals surface area contributed by atoms with E-state index in [9.17, 15) is 14.4 Å². The molecule has 8 nitrogen and oxygen atoms in total. The van der Waals surface area contributed by atoms with Gasteiger partial charge in [0.15, 0.2) is 0 Å². The van der Waals surface area contributed by atoms with Crippen molar-refractivity contribution in [2.24, 2.45) is 0 Å². The molecule has 2 aromatic carbocycles. The molecule has 3 N–H and O–H groups in total. The van der Waals surface area contributed by atoms with E-state index < -0.39 is 17.7 Å². The van der Waals surface area contributed by atoms with E-state index in [1.54, 1.807) is 37.4 Å². The minimum absolute atomic E-state index is 0.0975. The van der Waals surface area contributed by atoms with Crippen LogP contribution in [0.2, 0.25) is 10.0 Å². The summed E-state index contributed by atoms with van der Waals surface area (Å²) in [5, 5.41) is 3.32. The predicted octanol–water partition coefficient (Wildman–Crippen LogP) is 3.96. The standard InChI is InChI=1S/C20H20BrCl2N3O5/c1-30-8-9-31-17-5-2-12(10-14(17)21)20(29)26-25-19(28)7-6-18(27)24-16-4-3-13(22)11-15(16)23/h2-5,10-11H,6-9H2,1H3,(H,24,27)(H,25,28)(H,26,29). The number of anilines is 1. The van der Waals surface area contributed by atoms with Crippen LogP contribution in [0.4, 0.5) is 5.69 Å². The first-order valence-electron chi connectivity index (χ1n) is 9.05. The molecule has 0 atom stereocenters. The quantitative estimate of drug-likeness (QED) is 0.335. The smallest absolute Gasteiger partial charge is 0.269 e. The van der Waals surface area contributed by atoms with Gasteiger partial charge in [-0.1, -0.05) is 23.2 Å². The topological polar surface area (TPSA) is 106 Å². The molecular weight excluding hydrogens is 513 g/mol. The number of ether oxygens (including phenoxy) is 2. The van der Waals surface area contributed by atoms with E-state index in [1.807, 2.05) is 0 Å². The van der Waals surface area contributed by atoms with Crippen molar-refractivity contribution >= 4 is 62.5 Å². The highest BCUT2D eigenvalue weighted by Crippen LogP contribution is 2.26. The maximum absolute atomic E-state index is 12.2. The van der Waals surface area contributed by atoms with Gasteiger partial charge in [0.05, 0.1) is 21.8 Å². The third-order valence-corrected chi connectivity index (χ3v) is 5.01. The Balaban J connectivity index is 1.77. The first kappa shape index (κ1) is 24.9. The van der Waals surface area contributed by atoms with Gasteiger partial charge in [0, 0.05) is 30.5 Å². The van der Waals surface area contributed by atoms with Gasteiger partial charge in [-0.15, -0.1) is 0 Å². The highest BCUT2D eigenvalue weighted by atomic mass is 79.9. The Hall–Kier alpha value is -2.33. The number of hydrazine groups is 1. The fourth-order valence-corrected chi connectivity index (χ4v) is 3.23. The largest absolute Gasteiger partial charge is 0.490 e. The van der Waals surface area contributed by atoms with Crippen LogP contribution in [0, 0.1) is 0 Å². The van der Waals surface area contributed by atoms with E-state index >= 15 is 0 Å². The molecule has 31 heavy (non-hydrogen) atoms. The van der Waals surface area contributed by atoms with Gasteiger partial charge in [0.2, 0.25) is 11.8 Å². The summed E-state index contributed by atoms with van der Waals surface area (Å²) in [6.45, 7) is 0.806. The van der Waals surface area contributed by atoms with Crippen LogP contribution in [0.15, 0.2) is 40.9 Å². The number of hydrogen-bond acceptors (Lipinski definition) is 5. The molecule has 0 aliphatic heterocycles. The maximum Gasteiger partial charge on any atom is 0.269 e. The zero-order chi connectivity index (χ0) is 22.8. The monoisotopic (exact) mass is 531 g/mol. The Labute approximate surface area is 197 Å². The Morgan fingerprint density at radius 2 is 1.71 bits per heavy atom. The summed E-state index contributed by atoms with van der Waals surface area (Å²) in [4.78, 5) is 36.1. The summed E-state index contributed by atoms with van der Waals surface area (Å²) in [5.41, 5.74) is 5.27. The normalized spacial score (nSPS) is 10.3. The number of halogens is 3. The highest BCUT2D eigenvalue weighted by molar-refractivity contribution is 9.10. The van der Waals surface area contributed by atoms with E-state index in [4.69, 9.17) is 32.7 Å². The SMILES string of the molecule is COCCOc1ccc(C(=O)NNC(=O)CCC(=O)Nc2ccc(Cl)cc2Cl)cc1Br. The van der Waals surface area contributed by atoms with E-state index in [2.05, 4.69) is 32.1 Å². The molecule has 0 heterocycles. The van der Waals surface area contributed by atoms with Crippen molar-refractivity contribution < 1.29 is 23.9 Å². The minimum Gasteiger partial charge on any atom is -0.490 e. The Morgan fingerprint density at radius 1 is 0.968 bits per heavy atom. The molecule has 0 radical (unpaired) electrons. The molecule has 0 saturated carbocycles. The Kier molecular flexibility index (Phi) is 10.1. The van der Waals surface area contributed by atoms with Crippen molar-refractivity contribution in [2.45, 2.75) is 12.8 Å². The summed E-state index contributed by atoms with van der Waals surface area (Å²) in [7, 11) is 1.57. The fourth-order valence-electron chi connectivity index (χ4n) is 2.29. The lowest BCUT2D eigenvalue weighted by molar-refractivity contribution is -0.124. The van der Waals surface area contributed by atoms with Crippen LogP contribution in [-0.2, 0) is 14.3 Å². The first-order valence-corrected chi connectivity index (χ1v) is 10.6. The molecule has 0 saturated heterocycles. The van der Waals surface area contributed by atoms with Crippen molar-refractivity contribution in [3.05, 3.63) is 56.5 Å². The molecule has 166 valence electrons. The first-order chi connectivity index (χ1) is 14.8. The van der Waals surface area contributed by atoms with Crippen LogP contribution in [0.25, 0.3) is 0 Å². The number of benzene rings is 2. The molecule has 0 spiro atoms. The van der Waals surface area contributed by atoms with Gasteiger partial charge in [0.1, 0.15) is 12.4 Å². The van der Waals surface area contributed by atoms with Crippen molar-refractivity contribution in [3.63, 3.8) is 0 Å². The third-order valence-electron chi connectivity index (χ3n) is 3.84. The van der Waals surface area contributed by atoms with E-state index in [0.29, 0.717) is 44.7 Å². The summed E-state index contributed by atoms with van der Waals surface area (Å²) < 4.78 is 11.0. The average molecular weight is 533 g/mol. The van der Waals surface area contributed by atoms with Gasteiger partial charge >= 0.3 is 0 Å². The second-order valence-corrected chi connectivity index (χ2v) is 7.86. The van der Waals surface area contributed by atoms with Gasteiger partial charge in [-0.3, -0.25) is 25.2 Å². The minimum atomic E-state index is -0.524. The zero-order valence-corrected chi connectivity index (χ0v) is 19.6. The molecule has 3 amide bonds. The second-order valence-electron chi connectivity index (χ2n) is 6.16. The molecule has 0 aliphatic carbocycles. The van der Waals surface area contributed by atoms with E-state index in [0.717, 1.165) is 0 Å². The molecule has 0 bridgehead atoms. The predicted molar refractivity (Wildman–Crippen MR) is 121 cm³/mol. The Morgan fingerprint density at radius 3 is 2.39 bits per heavy atom. The number of nitrogens with one attached hydrogen (secondary N) is 3. The molecule has 11 heteroatoms. The fraction of sp³-hybridized carbons (Fsp3) is 0.250. The van der Waals surface area contributed by atoms with Crippen molar-refractivity contribution in [1.29, 1.82) is 0 Å². The van der Waals surface area contributed by atoms with Gasteiger partial charge < -0.3 is 14.8 Å². The van der Waals surface area contributed by atoms with Crippen molar-refractivity contribution in [2.75, 3.05) is 25.6 Å². The molecule has 0 unspecified atom stereocenters. The zero-order valence-electron chi connectivity index (χ0n) is 16.5. The third kappa shape index (κ3) is 8.37. The number of carbonyl (C=O) groups excluding carboxylic acids is 3. The van der Waals surface area contributed by atoms with Crippen LogP contribution in [-0.4, -0.2) is 38.0 Å². The molecule has 0 aromatic heterocycles. The lowest BCUT2D eigenvalue weighted by Crippen LogP contribution is -2.41. The summed E-state index contributed by atoms with van der Waals surface area (Å²) in [5.74, 6) is -0.887. The molecular formula is C20H20BrCl2N3O5. The number of rotatable bonds is 9. The Bertz CT molecular complexity index is 958. The van der Waals surface area contributed by atoms with Crippen LogP contribution in [0.1, 0.15) is 23.2 Å². The molecule has 0 fully saturated rings. The molecule has 0 aliphatic rings. The van der Waals surface area contributed by atoms with Crippen LogP contribution < -0.4 is 20.9 Å². The van der Waals surface area contributed by atoms with Crippen LogP contribution in [0.3, 0.4) is 0 Å². The second kappa shape index (κ2) is 12.5. The van der Waals surface area contributed by atoms with E-state index in [1.165, 1.54) is 6.07 Å². The number of hydrogen-bond donors (Lipinski definition) is 3. The van der Waals surface area contributed by atoms with E-state index in [-0.39, 0.29) is 12.8 Å². The summed E-state index contributed by atoms with van der Waals surface area (Å²) in [6, 6.07) is 9.39. The molecule has 2 rings (SSSR count). The highest BCUT2D eigenvalue weighted by Gasteiger charge is 2.12. The van der Waals surface area contributed by atoms with Crippen molar-refractivity contribution in [3.8, 4) is 5.75 Å². The van der Waals surface area contributed by atoms with Crippen molar-refractivity contribution in [1.82, 2.24) is 10.9 Å².